The van der Waals surface area contributed by atoms with Crippen molar-refractivity contribution >= 4 is 17.8 Å². The van der Waals surface area contributed by atoms with Crippen LogP contribution in [0.5, 0.6) is 5.75 Å². The summed E-state index contributed by atoms with van der Waals surface area (Å²) in [6.45, 7) is 4.87. The van der Waals surface area contributed by atoms with E-state index in [4.69, 9.17) is 9.47 Å². The van der Waals surface area contributed by atoms with Gasteiger partial charge in [-0.3, -0.25) is 4.79 Å². The summed E-state index contributed by atoms with van der Waals surface area (Å²) in [7, 11) is 1.59. The van der Waals surface area contributed by atoms with Gasteiger partial charge >= 0.3 is 6.09 Å². The molecule has 2 amide bonds. The molecular formula is C20H25N5O4. The highest BCUT2D eigenvalue weighted by molar-refractivity contribution is 5.92. The molecule has 2 heterocycles. The van der Waals surface area contributed by atoms with Crippen molar-refractivity contribution in [3.63, 3.8) is 0 Å². The lowest BCUT2D eigenvalue weighted by molar-refractivity contribution is 0.0944. The Kier molecular flexibility index (Phi) is 6.83. The standard InChI is InChI=1S/C20H25N5O4/c1-3-29-20(27)25-10-8-24(9-11-25)18-14-21-16(13-22-18)19(26)23-12-15-6-4-5-7-17(15)28-2/h4-7,13-14H,3,8-12H2,1-2H3,(H,23,26). The summed E-state index contributed by atoms with van der Waals surface area (Å²) in [5.74, 6) is 1.09. The first kappa shape index (κ1) is 20.4. The lowest BCUT2D eigenvalue weighted by Gasteiger charge is -2.34. The summed E-state index contributed by atoms with van der Waals surface area (Å²) in [4.78, 5) is 36.4. The predicted molar refractivity (Wildman–Crippen MR) is 107 cm³/mol. The van der Waals surface area contributed by atoms with Gasteiger partial charge in [0.05, 0.1) is 26.1 Å². The van der Waals surface area contributed by atoms with Crippen LogP contribution in [0, 0.1) is 0 Å². The number of anilines is 1. The summed E-state index contributed by atoms with van der Waals surface area (Å²) in [6, 6.07) is 7.50. The first-order valence-corrected chi connectivity index (χ1v) is 9.51. The lowest BCUT2D eigenvalue weighted by atomic mass is 10.2. The Hall–Kier alpha value is -3.36. The van der Waals surface area contributed by atoms with Crippen LogP contribution in [0.2, 0.25) is 0 Å². The number of hydrogen-bond acceptors (Lipinski definition) is 7. The normalized spacial score (nSPS) is 13.7. The number of methoxy groups -OCH3 is 1. The lowest BCUT2D eigenvalue weighted by Crippen LogP contribution is -2.49. The number of benzene rings is 1. The van der Waals surface area contributed by atoms with Crippen LogP contribution in [0.15, 0.2) is 36.7 Å². The second-order valence-electron chi connectivity index (χ2n) is 6.43. The van der Waals surface area contributed by atoms with E-state index in [1.54, 1.807) is 25.1 Å². The average Bonchev–Trinajstić information content (AvgIpc) is 2.78. The summed E-state index contributed by atoms with van der Waals surface area (Å²) in [5.41, 5.74) is 1.13. The van der Waals surface area contributed by atoms with Gasteiger partial charge in [0.25, 0.3) is 5.91 Å². The van der Waals surface area contributed by atoms with Crippen LogP contribution < -0.4 is 15.0 Å². The molecule has 1 aromatic heterocycles. The Morgan fingerprint density at radius 1 is 1.10 bits per heavy atom. The summed E-state index contributed by atoms with van der Waals surface area (Å²) >= 11 is 0. The van der Waals surface area contributed by atoms with Crippen LogP contribution in [0.1, 0.15) is 23.0 Å². The molecule has 0 unspecified atom stereocenters. The molecule has 1 fully saturated rings. The summed E-state index contributed by atoms with van der Waals surface area (Å²) < 4.78 is 10.3. The van der Waals surface area contributed by atoms with Gasteiger partial charge in [-0.1, -0.05) is 18.2 Å². The van der Waals surface area contributed by atoms with Crippen molar-refractivity contribution in [2.45, 2.75) is 13.5 Å². The number of hydrogen-bond donors (Lipinski definition) is 1. The number of ether oxygens (including phenoxy) is 2. The molecule has 154 valence electrons. The highest BCUT2D eigenvalue weighted by Gasteiger charge is 2.23. The molecule has 0 atom stereocenters. The van der Waals surface area contributed by atoms with Crippen molar-refractivity contribution in [2.24, 2.45) is 0 Å². The maximum Gasteiger partial charge on any atom is 0.409 e. The largest absolute Gasteiger partial charge is 0.496 e. The van der Waals surface area contributed by atoms with Gasteiger partial charge in [-0.05, 0) is 13.0 Å². The van der Waals surface area contributed by atoms with E-state index in [1.807, 2.05) is 29.2 Å². The third-order valence-electron chi connectivity index (χ3n) is 4.63. The fourth-order valence-corrected chi connectivity index (χ4v) is 3.05. The second kappa shape index (κ2) is 9.72. The first-order valence-electron chi connectivity index (χ1n) is 9.51. The van der Waals surface area contributed by atoms with E-state index in [2.05, 4.69) is 15.3 Å². The van der Waals surface area contributed by atoms with E-state index in [-0.39, 0.29) is 17.7 Å². The quantitative estimate of drug-likeness (QED) is 0.789. The minimum Gasteiger partial charge on any atom is -0.496 e. The molecule has 1 aliphatic rings. The molecule has 0 aliphatic carbocycles. The van der Waals surface area contributed by atoms with Gasteiger partial charge in [-0.2, -0.15) is 0 Å². The van der Waals surface area contributed by atoms with Gasteiger partial charge in [-0.25, -0.2) is 14.8 Å². The molecule has 9 nitrogen and oxygen atoms in total. The zero-order valence-electron chi connectivity index (χ0n) is 16.6. The van der Waals surface area contributed by atoms with E-state index >= 15 is 0 Å². The van der Waals surface area contributed by atoms with Crippen LogP contribution in [0.4, 0.5) is 10.6 Å². The molecule has 3 rings (SSSR count). The number of aromatic nitrogens is 2. The predicted octanol–water partition coefficient (Wildman–Crippen LogP) is 1.69. The molecule has 0 bridgehead atoms. The maximum atomic E-state index is 12.4. The number of nitrogens with zero attached hydrogens (tertiary/aromatic N) is 4. The molecular weight excluding hydrogens is 374 g/mol. The van der Waals surface area contributed by atoms with Crippen LogP contribution in [-0.2, 0) is 11.3 Å². The zero-order chi connectivity index (χ0) is 20.6. The molecule has 0 radical (unpaired) electrons. The van der Waals surface area contributed by atoms with Gasteiger partial charge in [0.2, 0.25) is 0 Å². The van der Waals surface area contributed by atoms with E-state index < -0.39 is 0 Å². The number of amides is 2. The number of carbonyl (C=O) groups excluding carboxylic acids is 2. The highest BCUT2D eigenvalue weighted by atomic mass is 16.6. The van der Waals surface area contributed by atoms with Crippen LogP contribution in [0.3, 0.4) is 0 Å². The van der Waals surface area contributed by atoms with Crippen molar-refractivity contribution in [2.75, 3.05) is 44.8 Å². The molecule has 0 spiro atoms. The van der Waals surface area contributed by atoms with E-state index in [0.717, 1.165) is 11.3 Å². The topological polar surface area (TPSA) is 96.9 Å². The van der Waals surface area contributed by atoms with Crippen LogP contribution in [-0.4, -0.2) is 66.8 Å². The fourth-order valence-electron chi connectivity index (χ4n) is 3.05. The second-order valence-corrected chi connectivity index (χ2v) is 6.43. The van der Waals surface area contributed by atoms with E-state index in [1.165, 1.54) is 6.20 Å². The fraction of sp³-hybridized carbons (Fsp3) is 0.400. The number of carbonyl (C=O) groups is 2. The molecule has 29 heavy (non-hydrogen) atoms. The molecule has 9 heteroatoms. The smallest absolute Gasteiger partial charge is 0.409 e. The third kappa shape index (κ3) is 5.13. The number of nitrogens with one attached hydrogen (secondary N) is 1. The first-order chi connectivity index (χ1) is 14.1. The highest BCUT2D eigenvalue weighted by Crippen LogP contribution is 2.17. The van der Waals surface area contributed by atoms with Gasteiger partial charge in [0.15, 0.2) is 0 Å². The zero-order valence-corrected chi connectivity index (χ0v) is 16.6. The number of para-hydroxylation sites is 1. The Labute approximate surface area is 169 Å². The Balaban J connectivity index is 1.53. The van der Waals surface area contributed by atoms with Crippen LogP contribution in [0.25, 0.3) is 0 Å². The third-order valence-corrected chi connectivity index (χ3v) is 4.63. The minimum absolute atomic E-state index is 0.244. The van der Waals surface area contributed by atoms with Crippen molar-refractivity contribution in [1.82, 2.24) is 20.2 Å². The van der Waals surface area contributed by atoms with Crippen molar-refractivity contribution in [3.05, 3.63) is 47.9 Å². The summed E-state index contributed by atoms with van der Waals surface area (Å²) in [5, 5.41) is 2.83. The van der Waals surface area contributed by atoms with Crippen molar-refractivity contribution in [3.8, 4) is 5.75 Å². The SMILES string of the molecule is CCOC(=O)N1CCN(c2cnc(C(=O)NCc3ccccc3OC)cn2)CC1. The average molecular weight is 399 g/mol. The Bertz CT molecular complexity index is 835. The molecule has 2 aromatic rings. The van der Waals surface area contributed by atoms with Gasteiger partial charge in [0, 0.05) is 38.3 Å². The Morgan fingerprint density at radius 2 is 1.86 bits per heavy atom. The monoisotopic (exact) mass is 399 g/mol. The van der Waals surface area contributed by atoms with E-state index in [9.17, 15) is 9.59 Å². The van der Waals surface area contributed by atoms with Gasteiger partial charge in [-0.15, -0.1) is 0 Å². The molecule has 1 N–H and O–H groups in total. The van der Waals surface area contributed by atoms with Gasteiger partial charge in [0.1, 0.15) is 17.3 Å². The molecule has 1 aromatic carbocycles. The Morgan fingerprint density at radius 3 is 2.52 bits per heavy atom. The molecule has 0 saturated carbocycles. The van der Waals surface area contributed by atoms with Crippen molar-refractivity contribution in [1.29, 1.82) is 0 Å². The maximum absolute atomic E-state index is 12.4. The van der Waals surface area contributed by atoms with Crippen molar-refractivity contribution < 1.29 is 19.1 Å². The number of rotatable bonds is 6. The van der Waals surface area contributed by atoms with Crippen LogP contribution >= 0.6 is 0 Å². The molecule has 1 aliphatic heterocycles. The number of piperazine rings is 1. The summed E-state index contributed by atoms with van der Waals surface area (Å²) in [6.07, 6.45) is 2.75. The molecule has 1 saturated heterocycles. The minimum atomic E-state index is -0.304. The van der Waals surface area contributed by atoms with Gasteiger partial charge < -0.3 is 24.6 Å². The van der Waals surface area contributed by atoms with E-state index in [0.29, 0.717) is 45.1 Å².